The molecular weight excluding hydrogens is 797 g/mol. The van der Waals surface area contributed by atoms with Gasteiger partial charge in [-0.05, 0) is 65.6 Å². The average Bonchev–Trinajstić information content (AvgIpc) is 3.28. The van der Waals surface area contributed by atoms with E-state index in [1.54, 1.807) is 11.8 Å². The fraction of sp³-hybridized carbons (Fsp3) is 0.289. The van der Waals surface area contributed by atoms with Gasteiger partial charge in [-0.1, -0.05) is 72.8 Å². The first kappa shape index (κ1) is 41.2. The van der Waals surface area contributed by atoms with Gasteiger partial charge in [0, 0.05) is 86.2 Å². The van der Waals surface area contributed by atoms with Crippen molar-refractivity contribution < 1.29 is 18.1 Å². The molecule has 0 radical (unpaired) electrons. The molecule has 15 heteroatoms. The molecule has 1 atom stereocenters. The molecule has 0 amide bonds. The Morgan fingerprint density at radius 2 is 1.53 bits per heavy atom. The van der Waals surface area contributed by atoms with Crippen molar-refractivity contribution in [1.29, 1.82) is 0 Å². The van der Waals surface area contributed by atoms with Crippen molar-refractivity contribution in [2.24, 2.45) is 0 Å². The Hall–Kier alpha value is -5.58. The van der Waals surface area contributed by atoms with Crippen LogP contribution < -0.4 is 14.9 Å². The fourth-order valence-electron chi connectivity index (χ4n) is 7.72. The molecule has 5 aromatic carbocycles. The summed E-state index contributed by atoms with van der Waals surface area (Å²) < 4.78 is 35.7. The number of morpholine rings is 1. The molecule has 1 aromatic heterocycles. The lowest BCUT2D eigenvalue weighted by atomic mass is 9.99. The molecule has 0 spiro atoms. The van der Waals surface area contributed by atoms with E-state index in [-0.39, 0.29) is 28.1 Å². The maximum Gasteiger partial charge on any atom is 0.293 e. The first-order valence-electron chi connectivity index (χ1n) is 20.2. The fourth-order valence-corrected chi connectivity index (χ4v) is 9.76. The van der Waals surface area contributed by atoms with Crippen molar-refractivity contribution in [2.75, 3.05) is 79.7 Å². The second kappa shape index (κ2) is 19.2. The number of nitrogens with zero attached hydrogens (tertiary/aromatic N) is 6. The number of nitro groups is 1. The molecule has 60 heavy (non-hydrogen) atoms. The Labute approximate surface area is 355 Å². The summed E-state index contributed by atoms with van der Waals surface area (Å²) in [5.74, 6) is 0.759. The number of benzene rings is 5. The number of ether oxygens (including phenoxy) is 1. The summed E-state index contributed by atoms with van der Waals surface area (Å²) in [6.45, 7) is 8.13. The van der Waals surface area contributed by atoms with Crippen molar-refractivity contribution in [2.45, 2.75) is 28.8 Å². The Kier molecular flexibility index (Phi) is 13.2. The molecule has 310 valence electrons. The number of piperazine rings is 1. The van der Waals surface area contributed by atoms with Gasteiger partial charge in [-0.15, -0.1) is 11.8 Å². The standard InChI is InChI=1S/C45H48N8O5S2/c54-53(55)44-30-39(16-18-42(44)48-36(19-20-50-25-27-58-28-26-50)32-59-38-12-5-2-6-13-38)60(56,57)49-45-41-17-15-37(29-43(41)46-33-47-45)52-23-21-51(22-24-52)31-35-11-7-8-14-40(35)34-9-3-1-4-10-34/h1-18,29-30,33,36,48H,19-28,31-32H2,(H,46,47,49). The summed E-state index contributed by atoms with van der Waals surface area (Å²) in [5, 5.41) is 16.3. The molecule has 2 saturated heterocycles. The molecule has 8 rings (SSSR count). The number of hydrogen-bond acceptors (Lipinski definition) is 12. The van der Waals surface area contributed by atoms with Crippen LogP contribution in [0.3, 0.4) is 0 Å². The molecule has 2 fully saturated rings. The number of sulfonamides is 1. The van der Waals surface area contributed by atoms with Crippen LogP contribution in [0.25, 0.3) is 22.0 Å². The van der Waals surface area contributed by atoms with E-state index in [0.717, 1.165) is 75.4 Å². The molecular formula is C45H48N8O5S2. The Morgan fingerprint density at radius 3 is 2.30 bits per heavy atom. The van der Waals surface area contributed by atoms with Gasteiger partial charge in [0.1, 0.15) is 12.0 Å². The molecule has 0 aliphatic carbocycles. The second-order valence-corrected chi connectivity index (χ2v) is 17.7. The molecule has 2 aliphatic rings. The van der Waals surface area contributed by atoms with Crippen LogP contribution in [0.2, 0.25) is 0 Å². The molecule has 0 bridgehead atoms. The summed E-state index contributed by atoms with van der Waals surface area (Å²) in [6.07, 6.45) is 2.06. The van der Waals surface area contributed by atoms with Gasteiger partial charge in [-0.3, -0.25) is 24.6 Å². The zero-order valence-electron chi connectivity index (χ0n) is 33.2. The highest BCUT2D eigenvalue weighted by Crippen LogP contribution is 2.33. The molecule has 6 aromatic rings. The maximum atomic E-state index is 13.8. The van der Waals surface area contributed by atoms with Gasteiger partial charge in [-0.2, -0.15) is 0 Å². The Bertz CT molecular complexity index is 2500. The van der Waals surface area contributed by atoms with Crippen molar-refractivity contribution in [3.8, 4) is 11.1 Å². The predicted octanol–water partition coefficient (Wildman–Crippen LogP) is 7.62. The van der Waals surface area contributed by atoms with Crippen LogP contribution in [-0.4, -0.2) is 104 Å². The van der Waals surface area contributed by atoms with Crippen molar-refractivity contribution in [3.05, 3.63) is 143 Å². The van der Waals surface area contributed by atoms with Crippen LogP contribution in [-0.2, 0) is 21.3 Å². The number of anilines is 3. The molecule has 1 unspecified atom stereocenters. The van der Waals surface area contributed by atoms with E-state index in [1.807, 2.05) is 54.6 Å². The van der Waals surface area contributed by atoms with Gasteiger partial charge < -0.3 is 15.0 Å². The third kappa shape index (κ3) is 10.2. The first-order chi connectivity index (χ1) is 29.3. The first-order valence-corrected chi connectivity index (χ1v) is 22.7. The quantitative estimate of drug-likeness (QED) is 0.0562. The van der Waals surface area contributed by atoms with Crippen molar-refractivity contribution in [1.82, 2.24) is 19.8 Å². The average molecular weight is 845 g/mol. The number of rotatable bonds is 16. The lowest BCUT2D eigenvalue weighted by Gasteiger charge is -2.36. The topological polar surface area (TPSA) is 146 Å². The SMILES string of the molecule is O=[N+]([O-])c1cc(S(=O)(=O)Nc2ncnc3cc(N4CCN(Cc5ccccc5-c5ccccc5)CC4)ccc23)ccc1NC(CCN1CCOCC1)CSc1ccccc1. The lowest BCUT2D eigenvalue weighted by Crippen LogP contribution is -2.46. The maximum absolute atomic E-state index is 13.8. The largest absolute Gasteiger partial charge is 0.379 e. The summed E-state index contributed by atoms with van der Waals surface area (Å²) in [4.78, 5) is 28.6. The zero-order chi connectivity index (χ0) is 41.3. The van der Waals surface area contributed by atoms with Gasteiger partial charge in [0.15, 0.2) is 5.82 Å². The molecule has 13 nitrogen and oxygen atoms in total. The molecule has 2 aliphatic heterocycles. The van der Waals surface area contributed by atoms with E-state index in [9.17, 15) is 18.5 Å². The third-order valence-corrected chi connectivity index (χ3v) is 13.5. The smallest absolute Gasteiger partial charge is 0.293 e. The van der Waals surface area contributed by atoms with Crippen LogP contribution in [0, 0.1) is 10.1 Å². The monoisotopic (exact) mass is 844 g/mol. The van der Waals surface area contributed by atoms with E-state index in [1.165, 1.54) is 35.2 Å². The van der Waals surface area contributed by atoms with Gasteiger partial charge in [0.2, 0.25) is 0 Å². The predicted molar refractivity (Wildman–Crippen MR) is 239 cm³/mol. The van der Waals surface area contributed by atoms with Gasteiger partial charge >= 0.3 is 0 Å². The van der Waals surface area contributed by atoms with Gasteiger partial charge in [0.05, 0.1) is 28.5 Å². The summed E-state index contributed by atoms with van der Waals surface area (Å²) in [6, 6.07) is 38.6. The number of thioether (sulfide) groups is 1. The highest BCUT2D eigenvalue weighted by atomic mass is 32.2. The summed E-state index contributed by atoms with van der Waals surface area (Å²) in [5.41, 5.74) is 5.28. The number of nitro benzene ring substituents is 1. The van der Waals surface area contributed by atoms with E-state index in [2.05, 4.69) is 83.2 Å². The lowest BCUT2D eigenvalue weighted by molar-refractivity contribution is -0.384. The molecule has 3 heterocycles. The highest BCUT2D eigenvalue weighted by molar-refractivity contribution is 7.99. The van der Waals surface area contributed by atoms with Gasteiger partial charge in [-0.25, -0.2) is 18.4 Å². The van der Waals surface area contributed by atoms with Crippen LogP contribution >= 0.6 is 11.8 Å². The number of fused-ring (bicyclic) bond motifs is 1. The minimum absolute atomic E-state index is 0.0967. The minimum atomic E-state index is -4.27. The highest BCUT2D eigenvalue weighted by Gasteiger charge is 2.26. The zero-order valence-corrected chi connectivity index (χ0v) is 34.9. The second-order valence-electron chi connectivity index (χ2n) is 15.0. The van der Waals surface area contributed by atoms with E-state index in [4.69, 9.17) is 4.74 Å². The summed E-state index contributed by atoms with van der Waals surface area (Å²) in [7, 11) is -4.27. The van der Waals surface area contributed by atoms with E-state index < -0.39 is 14.9 Å². The number of aromatic nitrogens is 2. The van der Waals surface area contributed by atoms with E-state index >= 15 is 0 Å². The van der Waals surface area contributed by atoms with Crippen molar-refractivity contribution >= 4 is 55.6 Å². The van der Waals surface area contributed by atoms with Crippen LogP contribution in [0.1, 0.15) is 12.0 Å². The van der Waals surface area contributed by atoms with Crippen molar-refractivity contribution in [3.63, 3.8) is 0 Å². The normalized spacial score (nSPS) is 15.8. The molecule has 2 N–H and O–H groups in total. The molecule has 0 saturated carbocycles. The minimum Gasteiger partial charge on any atom is -0.379 e. The number of hydrogen-bond donors (Lipinski definition) is 2. The summed E-state index contributed by atoms with van der Waals surface area (Å²) >= 11 is 1.67. The van der Waals surface area contributed by atoms with Gasteiger partial charge in [0.25, 0.3) is 15.7 Å². The third-order valence-electron chi connectivity index (χ3n) is 11.0. The van der Waals surface area contributed by atoms with Crippen LogP contribution in [0.5, 0.6) is 0 Å². The van der Waals surface area contributed by atoms with E-state index in [0.29, 0.717) is 29.9 Å². The Morgan fingerprint density at radius 1 is 0.800 bits per heavy atom. The van der Waals surface area contributed by atoms with Crippen LogP contribution in [0.15, 0.2) is 137 Å². The van der Waals surface area contributed by atoms with Crippen LogP contribution in [0.4, 0.5) is 22.9 Å². The Balaban J connectivity index is 0.937. The number of nitrogens with one attached hydrogen (secondary N) is 2.